The van der Waals surface area contributed by atoms with Gasteiger partial charge in [-0.05, 0) is 38.1 Å². The summed E-state index contributed by atoms with van der Waals surface area (Å²) in [5.74, 6) is 1.52. The molecule has 1 heterocycles. The summed E-state index contributed by atoms with van der Waals surface area (Å²) in [5, 5.41) is 2.64. The summed E-state index contributed by atoms with van der Waals surface area (Å²) in [4.78, 5) is 24.9. The Morgan fingerprint density at radius 1 is 1.23 bits per heavy atom. The van der Waals surface area contributed by atoms with Crippen LogP contribution in [0.5, 0.6) is 5.75 Å². The van der Waals surface area contributed by atoms with Gasteiger partial charge < -0.3 is 10.1 Å². The molecule has 1 aromatic rings. The molecule has 0 radical (unpaired) electrons. The van der Waals surface area contributed by atoms with E-state index in [9.17, 15) is 14.0 Å². The molecule has 1 aliphatic rings. The molecule has 0 spiro atoms. The first kappa shape index (κ1) is 16.6. The summed E-state index contributed by atoms with van der Waals surface area (Å²) in [6, 6.07) is 5.52. The molecule has 0 bridgehead atoms. The molecule has 5 nitrogen and oxygen atoms in total. The van der Waals surface area contributed by atoms with Crippen LogP contribution in [-0.2, 0) is 4.79 Å². The summed E-state index contributed by atoms with van der Waals surface area (Å²) in [7, 11) is 0. The van der Waals surface area contributed by atoms with E-state index in [1.807, 2.05) is 0 Å². The molecule has 0 aromatic heterocycles. The summed E-state index contributed by atoms with van der Waals surface area (Å²) < 4.78 is 18.2. The maximum absolute atomic E-state index is 12.7. The van der Waals surface area contributed by atoms with Gasteiger partial charge in [0, 0.05) is 18.1 Å². The highest BCUT2D eigenvalue weighted by Crippen LogP contribution is 2.17. The van der Waals surface area contributed by atoms with Gasteiger partial charge in [-0.3, -0.25) is 9.69 Å². The smallest absolute Gasteiger partial charge is 0.325 e. The second kappa shape index (κ2) is 7.00. The summed E-state index contributed by atoms with van der Waals surface area (Å²) in [6.45, 7) is 4.26. The molecule has 1 saturated heterocycles. The van der Waals surface area contributed by atoms with Crippen molar-refractivity contribution in [3.05, 3.63) is 30.1 Å². The predicted octanol–water partition coefficient (Wildman–Crippen LogP) is 2.27. The van der Waals surface area contributed by atoms with Crippen LogP contribution in [0.15, 0.2) is 24.3 Å². The molecule has 7 heteroatoms. The average Bonchev–Trinajstić information content (AvgIpc) is 2.65. The molecular formula is C15H19FN2O3S. The second-order valence-electron chi connectivity index (χ2n) is 5.43. The van der Waals surface area contributed by atoms with Crippen molar-refractivity contribution in [2.75, 3.05) is 24.7 Å². The Kier molecular flexibility index (Phi) is 5.28. The number of urea groups is 1. The van der Waals surface area contributed by atoms with Crippen LogP contribution >= 0.6 is 11.8 Å². The number of carbonyl (C=O) groups is 2. The van der Waals surface area contributed by atoms with Gasteiger partial charge in [0.25, 0.3) is 5.91 Å². The molecular weight excluding hydrogens is 307 g/mol. The van der Waals surface area contributed by atoms with Crippen molar-refractivity contribution in [1.29, 1.82) is 0 Å². The van der Waals surface area contributed by atoms with Crippen molar-refractivity contribution in [1.82, 2.24) is 10.2 Å². The number of imide groups is 1. The normalized spacial score (nSPS) is 16.8. The molecule has 1 aromatic carbocycles. The number of nitrogens with one attached hydrogen (secondary N) is 1. The number of amides is 3. The highest BCUT2D eigenvalue weighted by Gasteiger charge is 2.43. The third-order valence-electron chi connectivity index (χ3n) is 3.21. The van der Waals surface area contributed by atoms with Gasteiger partial charge in [-0.15, -0.1) is 0 Å². The van der Waals surface area contributed by atoms with Gasteiger partial charge in [0.2, 0.25) is 0 Å². The Morgan fingerprint density at radius 3 is 2.50 bits per heavy atom. The number of halogens is 1. The fourth-order valence-electron chi connectivity index (χ4n) is 2.03. The van der Waals surface area contributed by atoms with E-state index < -0.39 is 5.54 Å². The molecule has 1 N–H and O–H groups in total. The van der Waals surface area contributed by atoms with Crippen LogP contribution in [0.3, 0.4) is 0 Å². The van der Waals surface area contributed by atoms with E-state index in [-0.39, 0.29) is 17.8 Å². The lowest BCUT2D eigenvalue weighted by molar-refractivity contribution is -0.130. The van der Waals surface area contributed by atoms with Crippen molar-refractivity contribution in [2.45, 2.75) is 19.4 Å². The first-order valence-corrected chi connectivity index (χ1v) is 8.16. The van der Waals surface area contributed by atoms with E-state index in [0.717, 1.165) is 5.75 Å². The van der Waals surface area contributed by atoms with Crippen molar-refractivity contribution >= 4 is 23.7 Å². The number of carbonyl (C=O) groups excluding carboxylic acids is 2. The molecule has 3 amide bonds. The minimum Gasteiger partial charge on any atom is -0.493 e. The number of ether oxygens (including phenoxy) is 1. The van der Waals surface area contributed by atoms with Gasteiger partial charge in [0.1, 0.15) is 17.1 Å². The lowest BCUT2D eigenvalue weighted by atomic mass is 10.1. The van der Waals surface area contributed by atoms with E-state index in [0.29, 0.717) is 24.7 Å². The molecule has 2 rings (SSSR count). The lowest BCUT2D eigenvalue weighted by Crippen LogP contribution is -2.40. The van der Waals surface area contributed by atoms with Gasteiger partial charge in [0.05, 0.1) is 6.61 Å². The van der Waals surface area contributed by atoms with Crippen molar-refractivity contribution < 1.29 is 18.7 Å². The third kappa shape index (κ3) is 4.13. The van der Waals surface area contributed by atoms with Crippen LogP contribution in [0.25, 0.3) is 0 Å². The third-order valence-corrected chi connectivity index (χ3v) is 4.14. The number of hydrogen-bond acceptors (Lipinski definition) is 4. The van der Waals surface area contributed by atoms with Gasteiger partial charge in [-0.1, -0.05) is 0 Å². The summed E-state index contributed by atoms with van der Waals surface area (Å²) in [6.07, 6.45) is 0. The number of rotatable bonds is 7. The summed E-state index contributed by atoms with van der Waals surface area (Å²) >= 11 is 1.59. The molecule has 0 saturated carbocycles. The van der Waals surface area contributed by atoms with Gasteiger partial charge in [-0.25, -0.2) is 9.18 Å². The van der Waals surface area contributed by atoms with E-state index in [4.69, 9.17) is 4.74 Å². The topological polar surface area (TPSA) is 58.6 Å². The second-order valence-corrected chi connectivity index (χ2v) is 6.65. The first-order chi connectivity index (χ1) is 10.4. The maximum Gasteiger partial charge on any atom is 0.325 e. The van der Waals surface area contributed by atoms with Crippen LogP contribution in [0.4, 0.5) is 9.18 Å². The van der Waals surface area contributed by atoms with Crippen LogP contribution in [0.2, 0.25) is 0 Å². The zero-order valence-corrected chi connectivity index (χ0v) is 13.4. The van der Waals surface area contributed by atoms with Crippen LogP contribution in [-0.4, -0.2) is 47.0 Å². The van der Waals surface area contributed by atoms with Crippen LogP contribution < -0.4 is 10.1 Å². The van der Waals surface area contributed by atoms with E-state index in [1.165, 1.54) is 17.0 Å². The summed E-state index contributed by atoms with van der Waals surface area (Å²) in [5.41, 5.74) is -0.812. The van der Waals surface area contributed by atoms with Crippen molar-refractivity contribution in [3.8, 4) is 5.75 Å². The van der Waals surface area contributed by atoms with Crippen molar-refractivity contribution in [3.63, 3.8) is 0 Å². The Morgan fingerprint density at radius 2 is 1.91 bits per heavy atom. The minimum absolute atomic E-state index is 0.194. The number of thioether (sulfide) groups is 1. The number of nitrogens with zero attached hydrogens (tertiary/aromatic N) is 1. The Balaban J connectivity index is 1.63. The van der Waals surface area contributed by atoms with Crippen LogP contribution in [0, 0.1) is 5.82 Å². The lowest BCUT2D eigenvalue weighted by Gasteiger charge is -2.15. The zero-order valence-electron chi connectivity index (χ0n) is 12.6. The minimum atomic E-state index is -0.812. The monoisotopic (exact) mass is 326 g/mol. The SMILES string of the molecule is CC1(C)NC(=O)N(CCSCCOc2ccc(F)cc2)C1=O. The Labute approximate surface area is 133 Å². The quantitative estimate of drug-likeness (QED) is 0.617. The molecule has 0 aliphatic carbocycles. The molecule has 22 heavy (non-hydrogen) atoms. The predicted molar refractivity (Wildman–Crippen MR) is 83.5 cm³/mol. The van der Waals surface area contributed by atoms with Crippen LogP contribution in [0.1, 0.15) is 13.8 Å². The fourth-order valence-corrected chi connectivity index (χ4v) is 2.75. The van der Waals surface area contributed by atoms with Crippen molar-refractivity contribution in [2.24, 2.45) is 0 Å². The zero-order chi connectivity index (χ0) is 16.2. The average molecular weight is 326 g/mol. The molecule has 1 fully saturated rings. The van der Waals surface area contributed by atoms with Gasteiger partial charge in [0.15, 0.2) is 0 Å². The van der Waals surface area contributed by atoms with E-state index in [2.05, 4.69) is 5.32 Å². The molecule has 120 valence electrons. The van der Waals surface area contributed by atoms with E-state index >= 15 is 0 Å². The molecule has 0 atom stereocenters. The van der Waals surface area contributed by atoms with E-state index in [1.54, 1.807) is 37.7 Å². The fraction of sp³-hybridized carbons (Fsp3) is 0.467. The molecule has 0 unspecified atom stereocenters. The number of benzene rings is 1. The number of hydrogen-bond donors (Lipinski definition) is 1. The Hall–Kier alpha value is -1.76. The largest absolute Gasteiger partial charge is 0.493 e. The first-order valence-electron chi connectivity index (χ1n) is 7.00. The highest BCUT2D eigenvalue weighted by molar-refractivity contribution is 7.99. The maximum atomic E-state index is 12.7. The highest BCUT2D eigenvalue weighted by atomic mass is 32.2. The van der Waals surface area contributed by atoms with Gasteiger partial charge in [-0.2, -0.15) is 11.8 Å². The molecule has 1 aliphatic heterocycles. The Bertz CT molecular complexity index is 548. The standard InChI is InChI=1S/C15H19FN2O3S/c1-15(2)13(19)18(14(20)17-15)7-9-22-10-8-21-12-5-3-11(16)4-6-12/h3-6H,7-10H2,1-2H3,(H,17,20). The van der Waals surface area contributed by atoms with Gasteiger partial charge >= 0.3 is 6.03 Å².